The fourth-order valence-corrected chi connectivity index (χ4v) is 3.58. The van der Waals surface area contributed by atoms with Crippen molar-refractivity contribution in [3.63, 3.8) is 0 Å². The zero-order valence-corrected chi connectivity index (χ0v) is 11.4. The third-order valence-corrected chi connectivity index (χ3v) is 4.58. The first-order valence-electron chi connectivity index (χ1n) is 7.38. The predicted octanol–water partition coefficient (Wildman–Crippen LogP) is 2.78. The highest BCUT2D eigenvalue weighted by atomic mass is 15.2. The summed E-state index contributed by atoms with van der Waals surface area (Å²) in [4.78, 5) is 2.71. The molecule has 0 radical (unpaired) electrons. The molecule has 0 spiro atoms. The van der Waals surface area contributed by atoms with Crippen molar-refractivity contribution in [2.45, 2.75) is 45.3 Å². The lowest BCUT2D eigenvalue weighted by atomic mass is 10.0. The van der Waals surface area contributed by atoms with E-state index in [0.717, 1.165) is 31.6 Å². The minimum atomic E-state index is 0.877. The maximum Gasteiger partial charge on any atom is 0.0240 e. The monoisotopic (exact) mass is 244 g/mol. The Hall–Kier alpha value is -0.860. The second kappa shape index (κ2) is 5.41. The normalized spacial score (nSPS) is 26.9. The number of nitrogens with one attached hydrogen (secondary N) is 1. The van der Waals surface area contributed by atoms with Crippen molar-refractivity contribution in [3.05, 3.63) is 35.4 Å². The van der Waals surface area contributed by atoms with Crippen molar-refractivity contribution >= 4 is 0 Å². The first-order valence-corrected chi connectivity index (χ1v) is 7.38. The molecule has 1 aromatic carbocycles. The maximum atomic E-state index is 3.45. The largest absolute Gasteiger partial charge is 0.313 e. The van der Waals surface area contributed by atoms with Crippen molar-refractivity contribution in [2.75, 3.05) is 13.1 Å². The van der Waals surface area contributed by atoms with E-state index in [2.05, 4.69) is 41.4 Å². The standard InChI is InChI=1S/C16H24N2/c1-2-17-10-14-5-3-4-6-15(14)12-18-11-13-7-8-16(18)9-13/h3-6,13,16-17H,2,7-12H2,1H3. The second-order valence-corrected chi connectivity index (χ2v) is 5.81. The van der Waals surface area contributed by atoms with Crippen LogP contribution in [-0.2, 0) is 13.1 Å². The van der Waals surface area contributed by atoms with Gasteiger partial charge in [0.1, 0.15) is 0 Å². The van der Waals surface area contributed by atoms with Gasteiger partial charge in [-0.3, -0.25) is 4.90 Å². The molecule has 3 rings (SSSR count). The first kappa shape index (κ1) is 12.2. The van der Waals surface area contributed by atoms with Crippen LogP contribution in [0.4, 0.5) is 0 Å². The Balaban J connectivity index is 1.68. The second-order valence-electron chi connectivity index (χ2n) is 5.81. The fourth-order valence-electron chi connectivity index (χ4n) is 3.58. The molecule has 1 heterocycles. The van der Waals surface area contributed by atoms with Gasteiger partial charge in [-0.15, -0.1) is 0 Å². The molecule has 1 N–H and O–H groups in total. The van der Waals surface area contributed by atoms with E-state index in [9.17, 15) is 0 Å². The van der Waals surface area contributed by atoms with Gasteiger partial charge in [0.25, 0.3) is 0 Å². The molecule has 2 unspecified atom stereocenters. The summed E-state index contributed by atoms with van der Waals surface area (Å²) in [6.07, 6.45) is 4.36. The van der Waals surface area contributed by atoms with Crippen molar-refractivity contribution in [2.24, 2.45) is 5.92 Å². The van der Waals surface area contributed by atoms with E-state index < -0.39 is 0 Å². The summed E-state index contributed by atoms with van der Waals surface area (Å²) in [7, 11) is 0. The molecule has 2 heteroatoms. The van der Waals surface area contributed by atoms with Gasteiger partial charge in [-0.2, -0.15) is 0 Å². The molecule has 2 nitrogen and oxygen atoms in total. The summed E-state index contributed by atoms with van der Waals surface area (Å²) in [6.45, 7) is 6.71. The molecule has 0 aromatic heterocycles. The summed E-state index contributed by atoms with van der Waals surface area (Å²) in [5.41, 5.74) is 2.99. The van der Waals surface area contributed by atoms with Crippen LogP contribution in [0.3, 0.4) is 0 Å². The lowest BCUT2D eigenvalue weighted by Gasteiger charge is -2.27. The van der Waals surface area contributed by atoms with E-state index in [1.807, 2.05) is 0 Å². The number of hydrogen-bond donors (Lipinski definition) is 1. The highest BCUT2D eigenvalue weighted by Gasteiger charge is 2.37. The van der Waals surface area contributed by atoms with Crippen molar-refractivity contribution in [1.29, 1.82) is 0 Å². The SMILES string of the molecule is CCNCc1ccccc1CN1CC2CCC1C2. The Bertz CT molecular complexity index is 402. The van der Waals surface area contributed by atoms with Gasteiger partial charge in [0.2, 0.25) is 0 Å². The molecular formula is C16H24N2. The van der Waals surface area contributed by atoms with E-state index in [-0.39, 0.29) is 0 Å². The average molecular weight is 244 g/mol. The van der Waals surface area contributed by atoms with Crippen LogP contribution in [0.2, 0.25) is 0 Å². The van der Waals surface area contributed by atoms with E-state index in [4.69, 9.17) is 0 Å². The van der Waals surface area contributed by atoms with Crippen LogP contribution in [0.5, 0.6) is 0 Å². The lowest BCUT2D eigenvalue weighted by molar-refractivity contribution is 0.205. The van der Waals surface area contributed by atoms with Gasteiger partial charge in [-0.25, -0.2) is 0 Å². The van der Waals surface area contributed by atoms with Crippen molar-refractivity contribution in [3.8, 4) is 0 Å². The summed E-state index contributed by atoms with van der Waals surface area (Å²) in [5.74, 6) is 0.996. The van der Waals surface area contributed by atoms with Gasteiger partial charge in [0, 0.05) is 25.7 Å². The van der Waals surface area contributed by atoms with Crippen LogP contribution < -0.4 is 5.32 Å². The Morgan fingerprint density at radius 2 is 2.06 bits per heavy atom. The zero-order valence-electron chi connectivity index (χ0n) is 11.4. The van der Waals surface area contributed by atoms with Crippen molar-refractivity contribution < 1.29 is 0 Å². The number of hydrogen-bond acceptors (Lipinski definition) is 2. The average Bonchev–Trinajstić information content (AvgIpc) is 3.00. The van der Waals surface area contributed by atoms with E-state index in [1.165, 1.54) is 36.9 Å². The summed E-state index contributed by atoms with van der Waals surface area (Å²) < 4.78 is 0. The summed E-state index contributed by atoms with van der Waals surface area (Å²) in [6, 6.07) is 9.79. The Labute approximate surface area is 110 Å². The lowest BCUT2D eigenvalue weighted by Crippen LogP contribution is -2.32. The van der Waals surface area contributed by atoms with Crippen LogP contribution in [0.25, 0.3) is 0 Å². The van der Waals surface area contributed by atoms with Crippen LogP contribution >= 0.6 is 0 Å². The number of nitrogens with zero attached hydrogens (tertiary/aromatic N) is 1. The molecule has 1 aliphatic carbocycles. The van der Waals surface area contributed by atoms with Crippen LogP contribution in [0.1, 0.15) is 37.3 Å². The van der Waals surface area contributed by atoms with Gasteiger partial charge >= 0.3 is 0 Å². The van der Waals surface area contributed by atoms with E-state index in [0.29, 0.717) is 0 Å². The third-order valence-electron chi connectivity index (χ3n) is 4.58. The van der Waals surface area contributed by atoms with Gasteiger partial charge in [0.05, 0.1) is 0 Å². The molecular weight excluding hydrogens is 220 g/mol. The third kappa shape index (κ3) is 2.45. The quantitative estimate of drug-likeness (QED) is 0.857. The van der Waals surface area contributed by atoms with Crippen LogP contribution in [-0.4, -0.2) is 24.0 Å². The molecule has 1 aromatic rings. The Morgan fingerprint density at radius 1 is 1.22 bits per heavy atom. The minimum absolute atomic E-state index is 0.877. The highest BCUT2D eigenvalue weighted by molar-refractivity contribution is 5.27. The fraction of sp³-hybridized carbons (Fsp3) is 0.625. The number of likely N-dealkylation sites (tertiary alicyclic amines) is 1. The van der Waals surface area contributed by atoms with E-state index in [1.54, 1.807) is 0 Å². The molecule has 2 fully saturated rings. The topological polar surface area (TPSA) is 15.3 Å². The molecule has 98 valence electrons. The number of benzene rings is 1. The van der Waals surface area contributed by atoms with E-state index >= 15 is 0 Å². The number of rotatable bonds is 5. The van der Waals surface area contributed by atoms with Gasteiger partial charge in [-0.05, 0) is 42.9 Å². The zero-order chi connectivity index (χ0) is 12.4. The predicted molar refractivity (Wildman–Crippen MR) is 75.4 cm³/mol. The van der Waals surface area contributed by atoms with Gasteiger partial charge < -0.3 is 5.32 Å². The van der Waals surface area contributed by atoms with Gasteiger partial charge in [-0.1, -0.05) is 31.2 Å². The Morgan fingerprint density at radius 3 is 2.72 bits per heavy atom. The molecule has 2 bridgehead atoms. The summed E-state index contributed by atoms with van der Waals surface area (Å²) >= 11 is 0. The summed E-state index contributed by atoms with van der Waals surface area (Å²) in [5, 5.41) is 3.45. The molecule has 1 aliphatic heterocycles. The number of piperidine rings is 1. The van der Waals surface area contributed by atoms with Gasteiger partial charge in [0.15, 0.2) is 0 Å². The van der Waals surface area contributed by atoms with Crippen molar-refractivity contribution in [1.82, 2.24) is 10.2 Å². The maximum absolute atomic E-state index is 3.45. The number of fused-ring (bicyclic) bond motifs is 2. The molecule has 1 saturated carbocycles. The smallest absolute Gasteiger partial charge is 0.0240 e. The van der Waals surface area contributed by atoms with Crippen LogP contribution in [0, 0.1) is 5.92 Å². The molecule has 1 saturated heterocycles. The van der Waals surface area contributed by atoms with Crippen LogP contribution in [0.15, 0.2) is 24.3 Å². The highest BCUT2D eigenvalue weighted by Crippen LogP contribution is 2.38. The minimum Gasteiger partial charge on any atom is -0.313 e. The Kier molecular flexibility index (Phi) is 3.67. The first-order chi connectivity index (χ1) is 8.86. The molecule has 18 heavy (non-hydrogen) atoms. The molecule has 0 amide bonds. The molecule has 2 aliphatic rings. The molecule has 2 atom stereocenters.